The Bertz CT molecular complexity index is 2250. The van der Waals surface area contributed by atoms with Crippen molar-refractivity contribution < 1.29 is 0 Å². The first-order valence-electron chi connectivity index (χ1n) is 15.4. The molecule has 0 bridgehead atoms. The number of hydrogen-bond acceptors (Lipinski definition) is 1. The fourth-order valence-corrected chi connectivity index (χ4v) is 6.30. The summed E-state index contributed by atoms with van der Waals surface area (Å²) in [5, 5.41) is 4.97. The molecule has 212 valence electrons. The lowest BCUT2D eigenvalue weighted by molar-refractivity contribution is 1.28. The number of fused-ring (bicyclic) bond motifs is 2. The molecule has 8 aromatic carbocycles. The number of para-hydroxylation sites is 1. The van der Waals surface area contributed by atoms with E-state index < -0.39 is 0 Å². The van der Waals surface area contributed by atoms with Gasteiger partial charge in [0.2, 0.25) is 0 Å². The molecule has 0 atom stereocenters. The molecule has 0 radical (unpaired) electrons. The highest BCUT2D eigenvalue weighted by Crippen LogP contribution is 2.44. The van der Waals surface area contributed by atoms with Crippen LogP contribution in [0.15, 0.2) is 188 Å². The van der Waals surface area contributed by atoms with E-state index in [1.54, 1.807) is 0 Å². The Balaban J connectivity index is 1.34. The maximum Gasteiger partial charge on any atom is 0.0546 e. The molecule has 1 heteroatoms. The van der Waals surface area contributed by atoms with Crippen LogP contribution in [0, 0.1) is 0 Å². The number of rotatable bonds is 6. The van der Waals surface area contributed by atoms with Crippen LogP contribution in [0.1, 0.15) is 0 Å². The van der Waals surface area contributed by atoms with Gasteiger partial charge in [-0.25, -0.2) is 0 Å². The first-order valence-corrected chi connectivity index (χ1v) is 15.4. The van der Waals surface area contributed by atoms with Gasteiger partial charge in [-0.15, -0.1) is 0 Å². The Morgan fingerprint density at radius 3 is 1.38 bits per heavy atom. The Morgan fingerprint density at radius 2 is 0.711 bits per heavy atom. The molecule has 0 unspecified atom stereocenters. The molecule has 1 nitrogen and oxygen atoms in total. The maximum atomic E-state index is 2.39. The summed E-state index contributed by atoms with van der Waals surface area (Å²) in [6, 6.07) is 67.8. The van der Waals surface area contributed by atoms with E-state index in [4.69, 9.17) is 0 Å². The largest absolute Gasteiger partial charge is 0.310 e. The summed E-state index contributed by atoms with van der Waals surface area (Å²) in [7, 11) is 0. The minimum atomic E-state index is 1.11. The number of nitrogens with zero attached hydrogens (tertiary/aromatic N) is 1. The van der Waals surface area contributed by atoms with Crippen molar-refractivity contribution in [1.82, 2.24) is 0 Å². The summed E-state index contributed by atoms with van der Waals surface area (Å²) >= 11 is 0. The average molecular weight is 574 g/mol. The van der Waals surface area contributed by atoms with Crippen LogP contribution >= 0.6 is 0 Å². The average Bonchev–Trinajstić information content (AvgIpc) is 3.12. The highest BCUT2D eigenvalue weighted by atomic mass is 15.1. The van der Waals surface area contributed by atoms with E-state index in [1.807, 2.05) is 0 Å². The Hall–Kier alpha value is -5.92. The van der Waals surface area contributed by atoms with Gasteiger partial charge < -0.3 is 4.90 Å². The Morgan fingerprint density at radius 1 is 0.267 bits per heavy atom. The molecule has 0 aromatic heterocycles. The first-order chi connectivity index (χ1) is 22.3. The highest BCUT2D eigenvalue weighted by Gasteiger charge is 2.19. The predicted octanol–water partition coefficient (Wildman–Crippen LogP) is 12.5. The monoisotopic (exact) mass is 573 g/mol. The molecule has 8 rings (SSSR count). The van der Waals surface area contributed by atoms with Gasteiger partial charge in [0.05, 0.1) is 5.69 Å². The van der Waals surface area contributed by atoms with Gasteiger partial charge in [-0.05, 0) is 91.8 Å². The second kappa shape index (κ2) is 11.6. The van der Waals surface area contributed by atoms with Crippen molar-refractivity contribution in [3.8, 4) is 33.4 Å². The summed E-state index contributed by atoms with van der Waals surface area (Å²) in [5.41, 5.74) is 10.5. The molecule has 0 amide bonds. The summed E-state index contributed by atoms with van der Waals surface area (Å²) in [4.78, 5) is 2.39. The van der Waals surface area contributed by atoms with Gasteiger partial charge in [0.25, 0.3) is 0 Å². The molecular formula is C44H31N. The van der Waals surface area contributed by atoms with E-state index in [1.165, 1.54) is 54.9 Å². The standard InChI is InChI=1S/C44H31N/c1-3-11-32(12-4-1)35-23-26-42(27-24-35)45(41-17-5-2-6-18-41)44-31-39(38-21-19-33-13-7-9-15-36(33)29-38)25-28-43(44)40-22-20-34-14-8-10-16-37(34)30-40/h1-31H. The van der Waals surface area contributed by atoms with Crippen LogP contribution in [0.4, 0.5) is 17.1 Å². The van der Waals surface area contributed by atoms with Crippen molar-refractivity contribution in [2.24, 2.45) is 0 Å². The van der Waals surface area contributed by atoms with Crippen molar-refractivity contribution in [2.75, 3.05) is 4.90 Å². The van der Waals surface area contributed by atoms with Gasteiger partial charge >= 0.3 is 0 Å². The normalized spacial score (nSPS) is 11.1. The fourth-order valence-electron chi connectivity index (χ4n) is 6.30. The minimum Gasteiger partial charge on any atom is -0.310 e. The van der Waals surface area contributed by atoms with Crippen LogP contribution in [0.25, 0.3) is 54.9 Å². The highest BCUT2D eigenvalue weighted by molar-refractivity contribution is 5.95. The lowest BCUT2D eigenvalue weighted by Crippen LogP contribution is -2.11. The topological polar surface area (TPSA) is 3.24 Å². The van der Waals surface area contributed by atoms with Gasteiger partial charge in [-0.3, -0.25) is 0 Å². The van der Waals surface area contributed by atoms with Gasteiger partial charge in [-0.1, -0.05) is 146 Å². The zero-order valence-corrected chi connectivity index (χ0v) is 24.8. The van der Waals surface area contributed by atoms with Crippen molar-refractivity contribution >= 4 is 38.6 Å². The lowest BCUT2D eigenvalue weighted by Gasteiger charge is -2.29. The molecule has 0 aliphatic heterocycles. The molecule has 0 aliphatic carbocycles. The molecule has 0 spiro atoms. The van der Waals surface area contributed by atoms with E-state index >= 15 is 0 Å². The van der Waals surface area contributed by atoms with E-state index in [2.05, 4.69) is 193 Å². The van der Waals surface area contributed by atoms with Gasteiger partial charge in [0, 0.05) is 16.9 Å². The second-order valence-electron chi connectivity index (χ2n) is 11.4. The summed E-state index contributed by atoms with van der Waals surface area (Å²) in [6.07, 6.45) is 0. The van der Waals surface area contributed by atoms with E-state index in [9.17, 15) is 0 Å². The van der Waals surface area contributed by atoms with Crippen LogP contribution < -0.4 is 4.90 Å². The van der Waals surface area contributed by atoms with Gasteiger partial charge in [-0.2, -0.15) is 0 Å². The molecule has 0 heterocycles. The first kappa shape index (κ1) is 26.7. The SMILES string of the molecule is c1ccc(-c2ccc(N(c3ccccc3)c3cc(-c4ccc5ccccc5c4)ccc3-c3ccc4ccccc4c3)cc2)cc1. The van der Waals surface area contributed by atoms with Crippen LogP contribution in [-0.2, 0) is 0 Å². The molecule has 0 fully saturated rings. The van der Waals surface area contributed by atoms with Crippen molar-refractivity contribution in [1.29, 1.82) is 0 Å². The summed E-state index contributed by atoms with van der Waals surface area (Å²) < 4.78 is 0. The molecular weight excluding hydrogens is 542 g/mol. The third-order valence-electron chi connectivity index (χ3n) is 8.63. The molecule has 8 aromatic rings. The van der Waals surface area contributed by atoms with Crippen molar-refractivity contribution in [2.45, 2.75) is 0 Å². The third kappa shape index (κ3) is 5.26. The van der Waals surface area contributed by atoms with Gasteiger partial charge in [0.1, 0.15) is 0 Å². The molecule has 0 saturated heterocycles. The second-order valence-corrected chi connectivity index (χ2v) is 11.4. The summed E-state index contributed by atoms with van der Waals surface area (Å²) in [6.45, 7) is 0. The summed E-state index contributed by atoms with van der Waals surface area (Å²) in [5.74, 6) is 0. The molecule has 0 saturated carbocycles. The van der Waals surface area contributed by atoms with Crippen molar-refractivity contribution in [3.63, 3.8) is 0 Å². The zero-order chi connectivity index (χ0) is 30.0. The number of hydrogen-bond donors (Lipinski definition) is 0. The predicted molar refractivity (Wildman–Crippen MR) is 192 cm³/mol. The van der Waals surface area contributed by atoms with Crippen LogP contribution in [0.2, 0.25) is 0 Å². The van der Waals surface area contributed by atoms with E-state index in [0.29, 0.717) is 0 Å². The molecule has 45 heavy (non-hydrogen) atoms. The van der Waals surface area contributed by atoms with E-state index in [0.717, 1.165) is 17.1 Å². The molecule has 0 aliphatic rings. The van der Waals surface area contributed by atoms with Crippen molar-refractivity contribution in [3.05, 3.63) is 188 Å². The number of anilines is 3. The van der Waals surface area contributed by atoms with E-state index in [-0.39, 0.29) is 0 Å². The third-order valence-corrected chi connectivity index (χ3v) is 8.63. The quantitative estimate of drug-likeness (QED) is 0.191. The fraction of sp³-hybridized carbons (Fsp3) is 0. The molecule has 0 N–H and O–H groups in total. The maximum absolute atomic E-state index is 2.39. The Kier molecular flexibility index (Phi) is 6.90. The zero-order valence-electron chi connectivity index (χ0n) is 24.8. The van der Waals surface area contributed by atoms with Gasteiger partial charge in [0.15, 0.2) is 0 Å². The Labute approximate surface area is 264 Å². The van der Waals surface area contributed by atoms with Crippen LogP contribution in [0.3, 0.4) is 0 Å². The van der Waals surface area contributed by atoms with Crippen LogP contribution in [0.5, 0.6) is 0 Å². The lowest BCUT2D eigenvalue weighted by atomic mass is 9.94. The van der Waals surface area contributed by atoms with Crippen LogP contribution in [-0.4, -0.2) is 0 Å². The number of benzene rings is 8. The smallest absolute Gasteiger partial charge is 0.0546 e. The minimum absolute atomic E-state index is 1.11.